The molecule has 0 N–H and O–H groups in total. The van der Waals surface area contributed by atoms with Gasteiger partial charge >= 0.3 is 0 Å². The summed E-state index contributed by atoms with van der Waals surface area (Å²) in [5.74, 6) is 0.0431. The van der Waals surface area contributed by atoms with E-state index in [4.69, 9.17) is 4.74 Å². The van der Waals surface area contributed by atoms with Crippen LogP contribution in [0.25, 0.3) is 0 Å². The van der Waals surface area contributed by atoms with Crippen LogP contribution < -0.4 is 4.74 Å². The molecule has 2 rings (SSSR count). The molecule has 0 amide bonds. The van der Waals surface area contributed by atoms with Crippen molar-refractivity contribution in [1.29, 1.82) is 0 Å². The van der Waals surface area contributed by atoms with E-state index in [1.54, 1.807) is 30.3 Å². The predicted octanol–water partition coefficient (Wildman–Crippen LogP) is 4.38. The van der Waals surface area contributed by atoms with Gasteiger partial charge in [-0.2, -0.15) is 0 Å². The summed E-state index contributed by atoms with van der Waals surface area (Å²) in [6.07, 6.45) is 0. The van der Waals surface area contributed by atoms with Gasteiger partial charge in [-0.1, -0.05) is 50.1 Å². The van der Waals surface area contributed by atoms with E-state index in [2.05, 4.69) is 31.9 Å². The monoisotopic (exact) mass is 413 g/mol. The highest BCUT2D eigenvalue weighted by atomic mass is 79.9. The number of benzene rings is 2. The Labute approximate surface area is 137 Å². The van der Waals surface area contributed by atoms with Crippen molar-refractivity contribution in [1.82, 2.24) is 0 Å². The van der Waals surface area contributed by atoms with Gasteiger partial charge in [0.15, 0.2) is 6.61 Å². The van der Waals surface area contributed by atoms with Crippen LogP contribution in [-0.2, 0) is 0 Å². The van der Waals surface area contributed by atoms with E-state index in [-0.39, 0.29) is 23.8 Å². The Kier molecular flexibility index (Phi) is 5.08. The molecule has 5 nitrogen and oxygen atoms in total. The number of carbonyl (C=O) groups is 1. The van der Waals surface area contributed by atoms with Crippen LogP contribution in [0.1, 0.15) is 10.4 Å². The van der Waals surface area contributed by atoms with Crippen molar-refractivity contribution in [2.24, 2.45) is 0 Å². The highest BCUT2D eigenvalue weighted by Gasteiger charge is 2.13. The first-order valence-corrected chi connectivity index (χ1v) is 7.41. The van der Waals surface area contributed by atoms with Crippen molar-refractivity contribution in [2.75, 3.05) is 6.61 Å². The first kappa shape index (κ1) is 15.7. The number of rotatable bonds is 5. The average Bonchev–Trinajstić information content (AvgIpc) is 2.44. The van der Waals surface area contributed by atoms with Gasteiger partial charge in [-0.15, -0.1) is 0 Å². The van der Waals surface area contributed by atoms with Crippen molar-refractivity contribution in [3.63, 3.8) is 0 Å². The third-order valence-corrected chi connectivity index (χ3v) is 3.76. The summed E-state index contributed by atoms with van der Waals surface area (Å²) >= 11 is 6.46. The van der Waals surface area contributed by atoms with E-state index in [1.807, 2.05) is 0 Å². The van der Waals surface area contributed by atoms with E-state index in [1.165, 1.54) is 12.1 Å². The Balaban J connectivity index is 2.11. The molecule has 0 aliphatic heterocycles. The van der Waals surface area contributed by atoms with Gasteiger partial charge in [-0.05, 0) is 12.1 Å². The van der Waals surface area contributed by atoms with Crippen LogP contribution in [0.4, 0.5) is 5.69 Å². The van der Waals surface area contributed by atoms with Crippen molar-refractivity contribution in [3.8, 4) is 5.75 Å². The lowest BCUT2D eigenvalue weighted by Gasteiger charge is -2.07. The topological polar surface area (TPSA) is 69.4 Å². The van der Waals surface area contributed by atoms with Gasteiger partial charge in [0.2, 0.25) is 5.78 Å². The zero-order valence-corrected chi connectivity index (χ0v) is 13.8. The molecule has 0 saturated heterocycles. The molecule has 0 aliphatic rings. The number of hydrogen-bond donors (Lipinski definition) is 0. The Hall–Kier alpha value is -1.73. The van der Waals surface area contributed by atoms with Crippen molar-refractivity contribution >= 4 is 43.3 Å². The molecule has 7 heteroatoms. The number of non-ortho nitro benzene ring substituents is 1. The smallest absolute Gasteiger partial charge is 0.274 e. The first-order valence-electron chi connectivity index (χ1n) is 5.83. The van der Waals surface area contributed by atoms with Gasteiger partial charge in [0, 0.05) is 20.6 Å². The van der Waals surface area contributed by atoms with Crippen LogP contribution in [0.15, 0.2) is 51.4 Å². The van der Waals surface area contributed by atoms with E-state index in [0.717, 1.165) is 0 Å². The van der Waals surface area contributed by atoms with Crippen LogP contribution in [0, 0.1) is 10.1 Å². The van der Waals surface area contributed by atoms with E-state index in [0.29, 0.717) is 14.5 Å². The Bertz CT molecular complexity index is 703. The van der Waals surface area contributed by atoms with E-state index < -0.39 is 4.92 Å². The van der Waals surface area contributed by atoms with Crippen molar-refractivity contribution < 1.29 is 14.5 Å². The Morgan fingerprint density at radius 3 is 2.57 bits per heavy atom. The van der Waals surface area contributed by atoms with Gasteiger partial charge in [0.1, 0.15) is 5.75 Å². The fraction of sp³-hybridized carbons (Fsp3) is 0.0714. The zero-order valence-electron chi connectivity index (χ0n) is 10.6. The van der Waals surface area contributed by atoms with Gasteiger partial charge in [0.05, 0.1) is 11.0 Å². The number of carbonyl (C=O) groups excluding carboxylic acids is 1. The minimum atomic E-state index is -0.521. The van der Waals surface area contributed by atoms with Crippen molar-refractivity contribution in [3.05, 3.63) is 67.1 Å². The maximum atomic E-state index is 12.0. The Morgan fingerprint density at radius 1 is 1.19 bits per heavy atom. The summed E-state index contributed by atoms with van der Waals surface area (Å²) in [6.45, 7) is -0.198. The van der Waals surface area contributed by atoms with Crippen LogP contribution in [0.2, 0.25) is 0 Å². The third-order valence-electron chi connectivity index (χ3n) is 2.61. The number of ketones is 1. The third kappa shape index (κ3) is 4.12. The van der Waals surface area contributed by atoms with Gasteiger partial charge in [0.25, 0.3) is 5.69 Å². The molecule has 0 spiro atoms. The number of ether oxygens (including phenoxy) is 1. The fourth-order valence-corrected chi connectivity index (χ4v) is 2.62. The van der Waals surface area contributed by atoms with Gasteiger partial charge < -0.3 is 4.74 Å². The van der Waals surface area contributed by atoms with Crippen LogP contribution in [-0.4, -0.2) is 17.3 Å². The molecule has 0 aliphatic carbocycles. The molecule has 0 atom stereocenters. The summed E-state index contributed by atoms with van der Waals surface area (Å²) < 4.78 is 6.54. The standard InChI is InChI=1S/C14H9Br2NO4/c15-9-5-10(17(19)20)7-11(6-9)21-8-14(18)12-3-1-2-4-13(12)16/h1-7H,8H2. The second kappa shape index (κ2) is 6.82. The second-order valence-corrected chi connectivity index (χ2v) is 5.86. The molecule has 0 bridgehead atoms. The second-order valence-electron chi connectivity index (χ2n) is 4.09. The fourth-order valence-electron chi connectivity index (χ4n) is 1.65. The molecule has 0 saturated carbocycles. The number of nitrogens with zero attached hydrogens (tertiary/aromatic N) is 1. The van der Waals surface area contributed by atoms with Gasteiger partial charge in [-0.3, -0.25) is 14.9 Å². The Morgan fingerprint density at radius 2 is 1.90 bits per heavy atom. The average molecular weight is 415 g/mol. The van der Waals surface area contributed by atoms with Crippen molar-refractivity contribution in [2.45, 2.75) is 0 Å². The molecule has 21 heavy (non-hydrogen) atoms. The number of halogens is 2. The quantitative estimate of drug-likeness (QED) is 0.413. The van der Waals surface area contributed by atoms with Crippen LogP contribution in [0.3, 0.4) is 0 Å². The van der Waals surface area contributed by atoms with Gasteiger partial charge in [-0.25, -0.2) is 0 Å². The summed E-state index contributed by atoms with van der Waals surface area (Å²) in [5.41, 5.74) is 0.398. The molecular formula is C14H9Br2NO4. The minimum Gasteiger partial charge on any atom is -0.485 e. The van der Waals surface area contributed by atoms with Crippen LogP contribution in [0.5, 0.6) is 5.75 Å². The highest BCUT2D eigenvalue weighted by molar-refractivity contribution is 9.10. The number of nitro benzene ring substituents is 1. The zero-order chi connectivity index (χ0) is 15.4. The number of hydrogen-bond acceptors (Lipinski definition) is 4. The summed E-state index contributed by atoms with van der Waals surface area (Å²) in [7, 11) is 0. The molecule has 2 aromatic carbocycles. The lowest BCUT2D eigenvalue weighted by Crippen LogP contribution is -2.12. The maximum absolute atomic E-state index is 12.0. The highest BCUT2D eigenvalue weighted by Crippen LogP contribution is 2.26. The normalized spacial score (nSPS) is 10.2. The molecular weight excluding hydrogens is 406 g/mol. The van der Waals surface area contributed by atoms with E-state index in [9.17, 15) is 14.9 Å². The molecule has 0 fully saturated rings. The molecule has 0 aromatic heterocycles. The van der Waals surface area contributed by atoms with E-state index >= 15 is 0 Å². The SMILES string of the molecule is O=C(COc1cc(Br)cc([N+](=O)[O-])c1)c1ccccc1Br. The largest absolute Gasteiger partial charge is 0.485 e. The molecule has 2 aromatic rings. The summed E-state index contributed by atoms with van der Waals surface area (Å²) in [6, 6.07) is 11.2. The summed E-state index contributed by atoms with van der Waals surface area (Å²) in [4.78, 5) is 22.3. The predicted molar refractivity (Wildman–Crippen MR) is 84.8 cm³/mol. The maximum Gasteiger partial charge on any atom is 0.274 e. The molecule has 108 valence electrons. The number of nitro groups is 1. The molecule has 0 heterocycles. The minimum absolute atomic E-state index is 0.104. The summed E-state index contributed by atoms with van der Waals surface area (Å²) in [5, 5.41) is 10.8. The molecule has 0 unspecified atom stereocenters. The lowest BCUT2D eigenvalue weighted by atomic mass is 10.1. The lowest BCUT2D eigenvalue weighted by molar-refractivity contribution is -0.385. The number of Topliss-reactive ketones (excluding diaryl/α,β-unsaturated/α-hetero) is 1. The van der Waals surface area contributed by atoms with Crippen LogP contribution >= 0.6 is 31.9 Å². The molecule has 0 radical (unpaired) electrons. The first-order chi connectivity index (χ1) is 9.97.